The van der Waals surface area contributed by atoms with Gasteiger partial charge < -0.3 is 25.0 Å². The molecule has 2 N–H and O–H groups in total. The highest BCUT2D eigenvalue weighted by Crippen LogP contribution is 2.37. The summed E-state index contributed by atoms with van der Waals surface area (Å²) in [4.78, 5) is 53.6. The molecule has 0 bridgehead atoms. The zero-order valence-corrected chi connectivity index (χ0v) is 20.4. The summed E-state index contributed by atoms with van der Waals surface area (Å²) in [6.07, 6.45) is 1.48. The average Bonchev–Trinajstić information content (AvgIpc) is 3.46. The molecule has 9 nitrogen and oxygen atoms in total. The van der Waals surface area contributed by atoms with E-state index in [1.807, 2.05) is 31.2 Å². The van der Waals surface area contributed by atoms with E-state index in [4.69, 9.17) is 9.47 Å². The van der Waals surface area contributed by atoms with Crippen molar-refractivity contribution in [2.45, 2.75) is 76.6 Å². The van der Waals surface area contributed by atoms with Crippen molar-refractivity contribution in [3.05, 3.63) is 35.4 Å². The second-order valence-corrected chi connectivity index (χ2v) is 9.07. The smallest absolute Gasteiger partial charge is 0.328 e. The van der Waals surface area contributed by atoms with Crippen LogP contribution in [0.25, 0.3) is 0 Å². The lowest BCUT2D eigenvalue weighted by atomic mass is 9.83. The normalized spacial score (nSPS) is 25.0. The maximum Gasteiger partial charge on any atom is 0.328 e. The third-order valence-corrected chi connectivity index (χ3v) is 6.71. The molecule has 1 aromatic carbocycles. The molecule has 0 aliphatic carbocycles. The first-order valence-corrected chi connectivity index (χ1v) is 11.9. The fourth-order valence-electron chi connectivity index (χ4n) is 5.05. The Morgan fingerprint density at radius 2 is 2.03 bits per heavy atom. The summed E-state index contributed by atoms with van der Waals surface area (Å²) in [5.41, 5.74) is 0.339. The number of rotatable bonds is 8. The summed E-state index contributed by atoms with van der Waals surface area (Å²) >= 11 is 0. The molecule has 2 aliphatic heterocycles. The summed E-state index contributed by atoms with van der Waals surface area (Å²) in [7, 11) is 1.26. The molecule has 4 atom stereocenters. The fourth-order valence-corrected chi connectivity index (χ4v) is 5.05. The number of likely N-dealkylation sites (tertiary alicyclic amines) is 1. The lowest BCUT2D eigenvalue weighted by Crippen LogP contribution is -2.67. The number of nitrogens with one attached hydrogen (secondary N) is 2. The maximum atomic E-state index is 14.0. The van der Waals surface area contributed by atoms with Crippen LogP contribution in [0.3, 0.4) is 0 Å². The van der Waals surface area contributed by atoms with E-state index in [1.54, 1.807) is 11.8 Å². The zero-order valence-electron chi connectivity index (χ0n) is 20.4. The number of carbonyl (C=O) groups excluding carboxylic acids is 4. The standard InChI is InChI=1S/C25H35N3O6/c1-5-19(23(31)33-4)27-24(32)25(15-18-9-6-8-16(2)14-18)21(34-17(3)29)11-13-28(25)22(30)20-10-7-12-26-20/h6,8-9,14,19-21,26H,5,7,10-13,15H2,1-4H3,(H,27,32)/t19-,20+,21-,25-/m1/s1. The monoisotopic (exact) mass is 473 g/mol. The van der Waals surface area contributed by atoms with E-state index in [0.717, 1.165) is 24.1 Å². The van der Waals surface area contributed by atoms with Crippen molar-refractivity contribution < 1.29 is 28.7 Å². The van der Waals surface area contributed by atoms with E-state index in [-0.39, 0.29) is 18.9 Å². The van der Waals surface area contributed by atoms with Gasteiger partial charge in [-0.3, -0.25) is 14.4 Å². The van der Waals surface area contributed by atoms with E-state index >= 15 is 0 Å². The van der Waals surface area contributed by atoms with Gasteiger partial charge in [0.2, 0.25) is 5.91 Å². The average molecular weight is 474 g/mol. The van der Waals surface area contributed by atoms with Gasteiger partial charge in [-0.25, -0.2) is 4.79 Å². The summed E-state index contributed by atoms with van der Waals surface area (Å²) in [5, 5.41) is 6.01. The van der Waals surface area contributed by atoms with E-state index in [2.05, 4.69) is 10.6 Å². The molecule has 0 saturated carbocycles. The van der Waals surface area contributed by atoms with Crippen LogP contribution < -0.4 is 10.6 Å². The molecule has 3 rings (SSSR count). The number of aryl methyl sites for hydroxylation is 1. The highest BCUT2D eigenvalue weighted by atomic mass is 16.5. The van der Waals surface area contributed by atoms with Crippen molar-refractivity contribution in [3.63, 3.8) is 0 Å². The lowest BCUT2D eigenvalue weighted by Gasteiger charge is -2.42. The van der Waals surface area contributed by atoms with Gasteiger partial charge in [0.25, 0.3) is 5.91 Å². The summed E-state index contributed by atoms with van der Waals surface area (Å²) in [5.74, 6) is -1.82. The van der Waals surface area contributed by atoms with Gasteiger partial charge in [-0.2, -0.15) is 0 Å². The topological polar surface area (TPSA) is 114 Å². The molecule has 34 heavy (non-hydrogen) atoms. The third kappa shape index (κ3) is 5.24. The van der Waals surface area contributed by atoms with Crippen molar-refractivity contribution in [2.75, 3.05) is 20.2 Å². The number of carbonyl (C=O) groups is 4. The van der Waals surface area contributed by atoms with Crippen molar-refractivity contribution in [3.8, 4) is 0 Å². The highest BCUT2D eigenvalue weighted by Gasteiger charge is 2.59. The molecule has 2 heterocycles. The second kappa shape index (κ2) is 11.0. The minimum Gasteiger partial charge on any atom is -0.467 e. The number of nitrogens with zero attached hydrogens (tertiary/aromatic N) is 1. The van der Waals surface area contributed by atoms with Crippen LogP contribution >= 0.6 is 0 Å². The first-order valence-electron chi connectivity index (χ1n) is 11.9. The minimum absolute atomic E-state index is 0.147. The second-order valence-electron chi connectivity index (χ2n) is 9.07. The lowest BCUT2D eigenvalue weighted by molar-refractivity contribution is -0.162. The van der Waals surface area contributed by atoms with Crippen LogP contribution in [0.4, 0.5) is 0 Å². The van der Waals surface area contributed by atoms with Gasteiger partial charge in [0.1, 0.15) is 12.1 Å². The van der Waals surface area contributed by atoms with E-state index in [9.17, 15) is 19.2 Å². The predicted octanol–water partition coefficient (Wildman–Crippen LogP) is 1.26. The van der Waals surface area contributed by atoms with E-state index < -0.39 is 41.6 Å². The summed E-state index contributed by atoms with van der Waals surface area (Å²) in [6, 6.07) is 6.39. The fraction of sp³-hybridized carbons (Fsp3) is 0.600. The van der Waals surface area contributed by atoms with Crippen LogP contribution in [-0.4, -0.2) is 72.6 Å². The largest absolute Gasteiger partial charge is 0.467 e. The van der Waals surface area contributed by atoms with Crippen LogP contribution in [0.5, 0.6) is 0 Å². The van der Waals surface area contributed by atoms with Gasteiger partial charge in [0.05, 0.1) is 13.2 Å². The van der Waals surface area contributed by atoms with E-state index in [1.165, 1.54) is 14.0 Å². The maximum absolute atomic E-state index is 14.0. The quantitative estimate of drug-likeness (QED) is 0.547. The van der Waals surface area contributed by atoms with Crippen molar-refractivity contribution in [2.24, 2.45) is 0 Å². The SMILES string of the molecule is CC[C@@H](NC(=O)[C@@]1(Cc2cccc(C)c2)[C@H](OC(C)=O)CCN1C(=O)[C@@H]1CCCN1)C(=O)OC. The van der Waals surface area contributed by atoms with Gasteiger partial charge in [-0.15, -0.1) is 0 Å². The Balaban J connectivity index is 2.09. The Morgan fingerprint density at radius 3 is 2.62 bits per heavy atom. The Morgan fingerprint density at radius 1 is 1.26 bits per heavy atom. The first-order chi connectivity index (χ1) is 16.2. The Bertz CT molecular complexity index is 929. The number of hydrogen-bond donors (Lipinski definition) is 2. The van der Waals surface area contributed by atoms with Crippen LogP contribution in [0.2, 0.25) is 0 Å². The molecule has 1 aromatic rings. The molecule has 9 heteroatoms. The molecule has 2 saturated heterocycles. The molecule has 0 radical (unpaired) electrons. The summed E-state index contributed by atoms with van der Waals surface area (Å²) in [6.45, 7) is 6.00. The van der Waals surface area contributed by atoms with Gasteiger partial charge in [0.15, 0.2) is 5.54 Å². The molecule has 2 aliphatic rings. The number of esters is 2. The number of ether oxygens (including phenoxy) is 2. The molecule has 186 valence electrons. The number of benzene rings is 1. The van der Waals surface area contributed by atoms with Crippen LogP contribution in [-0.2, 0) is 35.1 Å². The predicted molar refractivity (Wildman–Crippen MR) is 125 cm³/mol. The molecule has 0 aromatic heterocycles. The van der Waals surface area contributed by atoms with Crippen molar-refractivity contribution >= 4 is 23.8 Å². The van der Waals surface area contributed by atoms with Crippen LogP contribution in [0, 0.1) is 6.92 Å². The number of methoxy groups -OCH3 is 1. The molecular formula is C25H35N3O6. The molecular weight excluding hydrogens is 438 g/mol. The zero-order chi connectivity index (χ0) is 24.9. The first kappa shape index (κ1) is 25.7. The Hall–Kier alpha value is -2.94. The summed E-state index contributed by atoms with van der Waals surface area (Å²) < 4.78 is 10.5. The van der Waals surface area contributed by atoms with Crippen molar-refractivity contribution in [1.29, 1.82) is 0 Å². The van der Waals surface area contributed by atoms with Gasteiger partial charge in [0, 0.05) is 26.3 Å². The Kier molecular flexibility index (Phi) is 8.30. The van der Waals surface area contributed by atoms with Crippen LogP contribution in [0.15, 0.2) is 24.3 Å². The van der Waals surface area contributed by atoms with Gasteiger partial charge in [-0.1, -0.05) is 36.8 Å². The third-order valence-electron chi connectivity index (χ3n) is 6.71. The highest BCUT2D eigenvalue weighted by molar-refractivity contribution is 5.97. The minimum atomic E-state index is -1.50. The molecule has 2 fully saturated rings. The van der Waals surface area contributed by atoms with Crippen LogP contribution in [0.1, 0.15) is 50.7 Å². The van der Waals surface area contributed by atoms with Gasteiger partial charge in [-0.05, 0) is 38.3 Å². The molecule has 0 spiro atoms. The Labute approximate surface area is 200 Å². The number of hydrogen-bond acceptors (Lipinski definition) is 7. The molecule has 0 unspecified atom stereocenters. The molecule has 2 amide bonds. The van der Waals surface area contributed by atoms with Gasteiger partial charge >= 0.3 is 11.9 Å². The van der Waals surface area contributed by atoms with Crippen molar-refractivity contribution in [1.82, 2.24) is 15.5 Å². The van der Waals surface area contributed by atoms with E-state index in [0.29, 0.717) is 19.3 Å². The number of amides is 2.